The highest BCUT2D eigenvalue weighted by molar-refractivity contribution is 5.97. The van der Waals surface area contributed by atoms with Gasteiger partial charge in [0.05, 0.1) is 11.4 Å². The third-order valence-corrected chi connectivity index (χ3v) is 2.67. The highest BCUT2D eigenvalue weighted by atomic mass is 16.1. The Kier molecular flexibility index (Phi) is 2.15. The summed E-state index contributed by atoms with van der Waals surface area (Å²) in [6, 6.07) is 4.09. The molecule has 14 heavy (non-hydrogen) atoms. The predicted molar refractivity (Wildman–Crippen MR) is 57.7 cm³/mol. The maximum absolute atomic E-state index is 11.4. The highest BCUT2D eigenvalue weighted by Crippen LogP contribution is 2.29. The van der Waals surface area contributed by atoms with Crippen molar-refractivity contribution in [3.8, 4) is 0 Å². The van der Waals surface area contributed by atoms with Crippen molar-refractivity contribution < 1.29 is 4.79 Å². The molecule has 1 aliphatic rings. The molecule has 0 atom stereocenters. The second-order valence-corrected chi connectivity index (χ2v) is 3.65. The summed E-state index contributed by atoms with van der Waals surface area (Å²) < 4.78 is 0. The third kappa shape index (κ3) is 1.45. The van der Waals surface area contributed by atoms with Gasteiger partial charge in [0.15, 0.2) is 0 Å². The Hall–Kier alpha value is -1.51. The Balaban J connectivity index is 2.51. The molecule has 0 fully saturated rings. The first kappa shape index (κ1) is 9.06. The summed E-state index contributed by atoms with van der Waals surface area (Å²) >= 11 is 0. The topological polar surface area (TPSA) is 41.1 Å². The molecule has 1 aromatic carbocycles. The van der Waals surface area contributed by atoms with Crippen molar-refractivity contribution in [2.75, 3.05) is 17.2 Å². The molecule has 1 heterocycles. The van der Waals surface area contributed by atoms with Crippen LogP contribution in [0, 0.1) is 13.8 Å². The second kappa shape index (κ2) is 3.33. The third-order valence-electron chi connectivity index (χ3n) is 2.67. The molecule has 1 amide bonds. The highest BCUT2D eigenvalue weighted by Gasteiger charge is 2.14. The van der Waals surface area contributed by atoms with Crippen LogP contribution in [0.1, 0.15) is 17.5 Å². The molecule has 0 bridgehead atoms. The van der Waals surface area contributed by atoms with Gasteiger partial charge in [-0.15, -0.1) is 0 Å². The number of carbonyl (C=O) groups excluding carboxylic acids is 1. The van der Waals surface area contributed by atoms with E-state index in [1.807, 2.05) is 19.9 Å². The molecule has 0 aromatic heterocycles. The number of hydrogen-bond acceptors (Lipinski definition) is 2. The van der Waals surface area contributed by atoms with E-state index in [1.54, 1.807) is 0 Å². The minimum absolute atomic E-state index is 0.0879. The Morgan fingerprint density at radius 2 is 2.07 bits per heavy atom. The summed E-state index contributed by atoms with van der Waals surface area (Å²) in [6.07, 6.45) is 0.535. The van der Waals surface area contributed by atoms with Gasteiger partial charge in [-0.05, 0) is 31.0 Å². The maximum Gasteiger partial charge on any atom is 0.226 e. The molecule has 0 saturated heterocycles. The van der Waals surface area contributed by atoms with Crippen LogP contribution in [-0.2, 0) is 4.79 Å². The summed E-state index contributed by atoms with van der Waals surface area (Å²) in [5.74, 6) is 0.0879. The lowest BCUT2D eigenvalue weighted by Gasteiger charge is -2.12. The summed E-state index contributed by atoms with van der Waals surface area (Å²) in [5, 5.41) is 6.17. The quantitative estimate of drug-likeness (QED) is 0.657. The van der Waals surface area contributed by atoms with Crippen molar-refractivity contribution >= 4 is 17.3 Å². The molecule has 2 N–H and O–H groups in total. The molecule has 0 unspecified atom stereocenters. The van der Waals surface area contributed by atoms with Gasteiger partial charge in [-0.1, -0.05) is 6.07 Å². The van der Waals surface area contributed by atoms with Gasteiger partial charge in [-0.25, -0.2) is 0 Å². The number of amides is 1. The molecule has 0 saturated carbocycles. The van der Waals surface area contributed by atoms with Crippen molar-refractivity contribution in [1.29, 1.82) is 0 Å². The number of benzene rings is 1. The van der Waals surface area contributed by atoms with Crippen molar-refractivity contribution in [1.82, 2.24) is 0 Å². The van der Waals surface area contributed by atoms with E-state index in [0.717, 1.165) is 16.9 Å². The number of nitrogens with one attached hydrogen (secondary N) is 2. The van der Waals surface area contributed by atoms with E-state index < -0.39 is 0 Å². The molecular weight excluding hydrogens is 176 g/mol. The van der Waals surface area contributed by atoms with E-state index in [4.69, 9.17) is 0 Å². The SMILES string of the molecule is Cc1ccc2c(c1C)NC(=O)CCN2. The average molecular weight is 190 g/mol. The van der Waals surface area contributed by atoms with Gasteiger partial charge in [0.1, 0.15) is 0 Å². The van der Waals surface area contributed by atoms with Gasteiger partial charge in [-0.2, -0.15) is 0 Å². The van der Waals surface area contributed by atoms with Crippen LogP contribution in [0.2, 0.25) is 0 Å². The van der Waals surface area contributed by atoms with Crippen molar-refractivity contribution in [3.63, 3.8) is 0 Å². The maximum atomic E-state index is 11.4. The average Bonchev–Trinajstić information content (AvgIpc) is 2.34. The molecule has 3 nitrogen and oxygen atoms in total. The molecule has 2 rings (SSSR count). The fraction of sp³-hybridized carbons (Fsp3) is 0.364. The first-order chi connectivity index (χ1) is 6.68. The first-order valence-electron chi connectivity index (χ1n) is 4.82. The van der Waals surface area contributed by atoms with E-state index in [-0.39, 0.29) is 5.91 Å². The fourth-order valence-corrected chi connectivity index (χ4v) is 1.64. The van der Waals surface area contributed by atoms with Crippen LogP contribution in [-0.4, -0.2) is 12.5 Å². The lowest BCUT2D eigenvalue weighted by molar-refractivity contribution is -0.115. The van der Waals surface area contributed by atoms with Crippen LogP contribution in [0.15, 0.2) is 12.1 Å². The number of hydrogen-bond donors (Lipinski definition) is 2. The fourth-order valence-electron chi connectivity index (χ4n) is 1.64. The van der Waals surface area contributed by atoms with Crippen LogP contribution < -0.4 is 10.6 Å². The lowest BCUT2D eigenvalue weighted by atomic mass is 10.1. The second-order valence-electron chi connectivity index (χ2n) is 3.65. The largest absolute Gasteiger partial charge is 0.383 e. The van der Waals surface area contributed by atoms with Gasteiger partial charge >= 0.3 is 0 Å². The van der Waals surface area contributed by atoms with Gasteiger partial charge in [0, 0.05) is 13.0 Å². The zero-order chi connectivity index (χ0) is 10.1. The standard InChI is InChI=1S/C11H14N2O/c1-7-3-4-9-11(8(7)2)13-10(14)5-6-12-9/h3-4,12H,5-6H2,1-2H3,(H,13,14). The number of carbonyl (C=O) groups is 1. The van der Waals surface area contributed by atoms with Gasteiger partial charge in [0.25, 0.3) is 0 Å². The zero-order valence-corrected chi connectivity index (χ0v) is 8.48. The van der Waals surface area contributed by atoms with Crippen LogP contribution in [0.3, 0.4) is 0 Å². The molecule has 0 spiro atoms. The number of anilines is 2. The van der Waals surface area contributed by atoms with E-state index in [1.165, 1.54) is 5.56 Å². The molecule has 1 aromatic rings. The Labute approximate surface area is 83.5 Å². The molecular formula is C11H14N2O. The molecule has 3 heteroatoms. The number of rotatable bonds is 0. The first-order valence-corrected chi connectivity index (χ1v) is 4.82. The Morgan fingerprint density at radius 1 is 1.29 bits per heavy atom. The van der Waals surface area contributed by atoms with E-state index in [0.29, 0.717) is 13.0 Å². The normalized spacial score (nSPS) is 15.1. The van der Waals surface area contributed by atoms with Crippen molar-refractivity contribution in [2.24, 2.45) is 0 Å². The van der Waals surface area contributed by atoms with Crippen molar-refractivity contribution in [2.45, 2.75) is 20.3 Å². The van der Waals surface area contributed by atoms with E-state index in [9.17, 15) is 4.79 Å². The van der Waals surface area contributed by atoms with Crippen LogP contribution >= 0.6 is 0 Å². The minimum atomic E-state index is 0.0879. The van der Waals surface area contributed by atoms with Gasteiger partial charge in [0.2, 0.25) is 5.91 Å². The molecule has 0 radical (unpaired) electrons. The van der Waals surface area contributed by atoms with Gasteiger partial charge in [-0.3, -0.25) is 4.79 Å². The summed E-state index contributed by atoms with van der Waals surface area (Å²) in [4.78, 5) is 11.4. The summed E-state index contributed by atoms with van der Waals surface area (Å²) in [5.41, 5.74) is 4.31. The minimum Gasteiger partial charge on any atom is -0.383 e. The predicted octanol–water partition coefficient (Wildman–Crippen LogP) is 2.06. The zero-order valence-electron chi connectivity index (χ0n) is 8.48. The van der Waals surface area contributed by atoms with Crippen LogP contribution in [0.4, 0.5) is 11.4 Å². The van der Waals surface area contributed by atoms with Crippen LogP contribution in [0.25, 0.3) is 0 Å². The smallest absolute Gasteiger partial charge is 0.226 e. The lowest BCUT2D eigenvalue weighted by Crippen LogP contribution is -2.11. The summed E-state index contributed by atoms with van der Waals surface area (Å²) in [7, 11) is 0. The number of fused-ring (bicyclic) bond motifs is 1. The van der Waals surface area contributed by atoms with E-state index in [2.05, 4.69) is 16.7 Å². The van der Waals surface area contributed by atoms with Crippen molar-refractivity contribution in [3.05, 3.63) is 23.3 Å². The van der Waals surface area contributed by atoms with E-state index >= 15 is 0 Å². The Bertz CT molecular complexity index is 385. The van der Waals surface area contributed by atoms with Gasteiger partial charge < -0.3 is 10.6 Å². The number of aryl methyl sites for hydroxylation is 1. The molecule has 0 aliphatic carbocycles. The van der Waals surface area contributed by atoms with Crippen LogP contribution in [0.5, 0.6) is 0 Å². The monoisotopic (exact) mass is 190 g/mol. The molecule has 74 valence electrons. The summed E-state index contributed by atoms with van der Waals surface area (Å²) in [6.45, 7) is 4.79. The Morgan fingerprint density at radius 3 is 2.86 bits per heavy atom. The molecule has 1 aliphatic heterocycles.